The van der Waals surface area contributed by atoms with E-state index in [1.807, 2.05) is 6.07 Å². The van der Waals surface area contributed by atoms with Crippen LogP contribution in [0.1, 0.15) is 45.1 Å². The van der Waals surface area contributed by atoms with Crippen molar-refractivity contribution in [2.75, 3.05) is 5.73 Å². The van der Waals surface area contributed by atoms with Gasteiger partial charge in [-0.15, -0.1) is 0 Å². The van der Waals surface area contributed by atoms with E-state index in [2.05, 4.69) is 50.5 Å². The van der Waals surface area contributed by atoms with E-state index in [4.69, 9.17) is 10.7 Å². The molecule has 0 atom stereocenters. The van der Waals surface area contributed by atoms with Gasteiger partial charge in [0.15, 0.2) is 0 Å². The monoisotopic (exact) mass is 257 g/mol. The number of nitrogens with two attached hydrogens (primary N) is 1. The van der Waals surface area contributed by atoms with Crippen LogP contribution in [-0.2, 0) is 12.8 Å². The molecule has 3 nitrogen and oxygen atoms in total. The zero-order chi connectivity index (χ0) is 14.0. The molecule has 0 aliphatic carbocycles. The molecule has 0 amide bonds. The average molecular weight is 257 g/mol. The molecule has 102 valence electrons. The van der Waals surface area contributed by atoms with Crippen molar-refractivity contribution in [3.63, 3.8) is 0 Å². The van der Waals surface area contributed by atoms with Crippen LogP contribution in [0.3, 0.4) is 0 Å². The highest BCUT2D eigenvalue weighted by Crippen LogP contribution is 2.31. The summed E-state index contributed by atoms with van der Waals surface area (Å²) in [7, 11) is 0. The highest BCUT2D eigenvalue weighted by Gasteiger charge is 2.18. The fraction of sp³-hybridized carbons (Fsp3) is 0.438. The molecule has 1 aromatic heterocycles. The molecule has 19 heavy (non-hydrogen) atoms. The minimum absolute atomic E-state index is 0.338. The van der Waals surface area contributed by atoms with Gasteiger partial charge in [-0.2, -0.15) is 0 Å². The molecular weight excluding hydrogens is 234 g/mol. The van der Waals surface area contributed by atoms with Crippen molar-refractivity contribution in [2.24, 2.45) is 0 Å². The minimum Gasteiger partial charge on any atom is -0.383 e. The maximum absolute atomic E-state index is 6.34. The van der Waals surface area contributed by atoms with Crippen LogP contribution in [0.25, 0.3) is 11.3 Å². The molecule has 0 spiro atoms. The predicted molar refractivity (Wildman–Crippen MR) is 81.2 cm³/mol. The lowest BCUT2D eigenvalue weighted by Gasteiger charge is -2.13. The van der Waals surface area contributed by atoms with E-state index in [1.54, 1.807) is 0 Å². The molecule has 0 aliphatic heterocycles. The third-order valence-corrected chi connectivity index (χ3v) is 3.51. The number of nitrogens with zero attached hydrogens (tertiary/aromatic N) is 2. The summed E-state index contributed by atoms with van der Waals surface area (Å²) in [6.45, 7) is 8.57. The Morgan fingerprint density at radius 2 is 1.84 bits per heavy atom. The van der Waals surface area contributed by atoms with Crippen molar-refractivity contribution < 1.29 is 0 Å². The number of nitrogen functional groups attached to an aromatic ring is 1. The first-order valence-electron chi connectivity index (χ1n) is 7.04. The lowest BCUT2D eigenvalue weighted by Crippen LogP contribution is -2.09. The molecule has 2 N–H and O–H groups in total. The number of hydrogen-bond acceptors (Lipinski definition) is 2. The third kappa shape index (κ3) is 2.37. The molecule has 0 bridgehead atoms. The van der Waals surface area contributed by atoms with E-state index in [9.17, 15) is 0 Å². The van der Waals surface area contributed by atoms with Crippen LogP contribution in [0.4, 0.5) is 5.82 Å². The van der Waals surface area contributed by atoms with Gasteiger partial charge in [0.1, 0.15) is 17.3 Å². The Balaban J connectivity index is 2.63. The summed E-state index contributed by atoms with van der Waals surface area (Å²) in [5, 5.41) is 0. The summed E-state index contributed by atoms with van der Waals surface area (Å²) in [5.74, 6) is 1.85. The van der Waals surface area contributed by atoms with E-state index >= 15 is 0 Å². The molecule has 2 rings (SSSR count). The van der Waals surface area contributed by atoms with E-state index in [1.165, 1.54) is 5.56 Å². The third-order valence-electron chi connectivity index (χ3n) is 3.51. The summed E-state index contributed by atoms with van der Waals surface area (Å²) in [6.07, 6.45) is 1.89. The maximum Gasteiger partial charge on any atom is 0.131 e. The molecule has 0 fully saturated rings. The highest BCUT2D eigenvalue weighted by atomic mass is 15.2. The first-order valence-corrected chi connectivity index (χ1v) is 7.04. The summed E-state index contributed by atoms with van der Waals surface area (Å²) in [6, 6.07) is 8.72. The van der Waals surface area contributed by atoms with Crippen LogP contribution < -0.4 is 5.73 Å². The second-order valence-corrected chi connectivity index (χ2v) is 5.09. The normalized spacial score (nSPS) is 11.2. The Hall–Kier alpha value is -1.77. The molecular formula is C16H23N3. The van der Waals surface area contributed by atoms with Gasteiger partial charge in [-0.3, -0.25) is 0 Å². The molecule has 0 aliphatic rings. The zero-order valence-corrected chi connectivity index (χ0v) is 12.3. The van der Waals surface area contributed by atoms with Gasteiger partial charge in [0.2, 0.25) is 0 Å². The summed E-state index contributed by atoms with van der Waals surface area (Å²) >= 11 is 0. The van der Waals surface area contributed by atoms with E-state index in [0.717, 1.165) is 35.7 Å². The summed E-state index contributed by atoms with van der Waals surface area (Å²) in [4.78, 5) is 4.77. The van der Waals surface area contributed by atoms with E-state index < -0.39 is 0 Å². The van der Waals surface area contributed by atoms with Crippen LogP contribution in [0, 0.1) is 0 Å². The van der Waals surface area contributed by atoms with Crippen molar-refractivity contribution in [3.05, 3.63) is 35.7 Å². The van der Waals surface area contributed by atoms with Crippen LogP contribution in [0.2, 0.25) is 0 Å². The number of imidazole rings is 1. The second kappa shape index (κ2) is 5.47. The van der Waals surface area contributed by atoms with Gasteiger partial charge in [-0.05, 0) is 25.8 Å². The van der Waals surface area contributed by atoms with Gasteiger partial charge in [-0.25, -0.2) is 4.98 Å². The standard InChI is InChI=1S/C16H23N3/c1-5-12-9-7-8-10-13(12)15-16(17)19(11(3)4)14(6-2)18-15/h7-11H,5-6,17H2,1-4H3. The molecule has 3 heteroatoms. The largest absolute Gasteiger partial charge is 0.383 e. The van der Waals surface area contributed by atoms with Crippen molar-refractivity contribution in [2.45, 2.75) is 46.6 Å². The van der Waals surface area contributed by atoms with Gasteiger partial charge in [-0.1, -0.05) is 38.1 Å². The Morgan fingerprint density at radius 3 is 2.37 bits per heavy atom. The Labute approximate surface area is 115 Å². The fourth-order valence-electron chi connectivity index (χ4n) is 2.58. The van der Waals surface area contributed by atoms with Gasteiger partial charge >= 0.3 is 0 Å². The molecule has 0 saturated carbocycles. The molecule has 0 saturated heterocycles. The number of rotatable bonds is 4. The summed E-state index contributed by atoms with van der Waals surface area (Å²) < 4.78 is 2.14. The summed E-state index contributed by atoms with van der Waals surface area (Å²) in [5.41, 5.74) is 9.73. The molecule has 1 heterocycles. The lowest BCUT2D eigenvalue weighted by atomic mass is 10.0. The first-order chi connectivity index (χ1) is 9.10. The smallest absolute Gasteiger partial charge is 0.131 e. The quantitative estimate of drug-likeness (QED) is 0.904. The van der Waals surface area contributed by atoms with Crippen LogP contribution in [-0.4, -0.2) is 9.55 Å². The lowest BCUT2D eigenvalue weighted by molar-refractivity contribution is 0.579. The number of anilines is 1. The fourth-order valence-corrected chi connectivity index (χ4v) is 2.58. The predicted octanol–water partition coefficient (Wildman–Crippen LogP) is 3.84. The number of hydrogen-bond donors (Lipinski definition) is 1. The maximum atomic E-state index is 6.34. The van der Waals surface area contributed by atoms with Crippen molar-refractivity contribution in [3.8, 4) is 11.3 Å². The number of aromatic nitrogens is 2. The molecule has 0 radical (unpaired) electrons. The Kier molecular flexibility index (Phi) is 3.93. The zero-order valence-electron chi connectivity index (χ0n) is 12.3. The number of benzene rings is 1. The van der Waals surface area contributed by atoms with Crippen LogP contribution >= 0.6 is 0 Å². The first kappa shape index (κ1) is 13.7. The Morgan fingerprint density at radius 1 is 1.16 bits per heavy atom. The van der Waals surface area contributed by atoms with Gasteiger partial charge in [0.25, 0.3) is 0 Å². The van der Waals surface area contributed by atoms with Crippen molar-refractivity contribution in [1.29, 1.82) is 0 Å². The molecule has 1 aromatic carbocycles. The Bertz CT molecular complexity index is 567. The van der Waals surface area contributed by atoms with E-state index in [-0.39, 0.29) is 0 Å². The van der Waals surface area contributed by atoms with Crippen LogP contribution in [0.5, 0.6) is 0 Å². The SMILES string of the molecule is CCc1ccccc1-c1nc(CC)n(C(C)C)c1N. The van der Waals surface area contributed by atoms with Crippen molar-refractivity contribution >= 4 is 5.82 Å². The van der Waals surface area contributed by atoms with Crippen LogP contribution in [0.15, 0.2) is 24.3 Å². The van der Waals surface area contributed by atoms with Gasteiger partial charge < -0.3 is 10.3 Å². The molecule has 2 aromatic rings. The number of aryl methyl sites for hydroxylation is 2. The van der Waals surface area contributed by atoms with Crippen molar-refractivity contribution in [1.82, 2.24) is 9.55 Å². The topological polar surface area (TPSA) is 43.8 Å². The van der Waals surface area contributed by atoms with E-state index in [0.29, 0.717) is 6.04 Å². The average Bonchev–Trinajstić information content (AvgIpc) is 2.75. The minimum atomic E-state index is 0.338. The highest BCUT2D eigenvalue weighted by molar-refractivity contribution is 5.74. The van der Waals surface area contributed by atoms with Gasteiger partial charge in [0, 0.05) is 18.0 Å². The second-order valence-electron chi connectivity index (χ2n) is 5.09. The van der Waals surface area contributed by atoms with Gasteiger partial charge in [0.05, 0.1) is 0 Å². The molecule has 0 unspecified atom stereocenters.